The number of carbonyl (C=O) groups excluding carboxylic acids is 1. The van der Waals surface area contributed by atoms with Crippen molar-refractivity contribution in [3.63, 3.8) is 0 Å². The molecular formula is C20H27N3O3. The number of benzene rings is 1. The number of aryl methyl sites for hydroxylation is 1. The average Bonchev–Trinajstić information content (AvgIpc) is 3.07. The first kappa shape index (κ1) is 18.6. The molecule has 1 aromatic carbocycles. The fourth-order valence-electron chi connectivity index (χ4n) is 3.04. The molecule has 140 valence electrons. The predicted molar refractivity (Wildman–Crippen MR) is 100 cm³/mol. The number of aromatic nitrogens is 2. The van der Waals surface area contributed by atoms with Gasteiger partial charge < -0.3 is 14.8 Å². The van der Waals surface area contributed by atoms with E-state index < -0.39 is 6.10 Å². The zero-order chi connectivity index (χ0) is 18.4. The molecule has 0 saturated carbocycles. The lowest BCUT2D eigenvalue weighted by Crippen LogP contribution is -2.33. The van der Waals surface area contributed by atoms with Crippen LogP contribution in [0.3, 0.4) is 0 Å². The van der Waals surface area contributed by atoms with Crippen LogP contribution in [0.5, 0.6) is 0 Å². The Kier molecular flexibility index (Phi) is 6.41. The summed E-state index contributed by atoms with van der Waals surface area (Å²) in [6.07, 6.45) is 4.52. The van der Waals surface area contributed by atoms with Crippen molar-refractivity contribution in [2.24, 2.45) is 0 Å². The molecule has 0 bridgehead atoms. The summed E-state index contributed by atoms with van der Waals surface area (Å²) in [6, 6.07) is 10.0. The molecule has 2 heterocycles. The fourth-order valence-corrected chi connectivity index (χ4v) is 3.04. The summed E-state index contributed by atoms with van der Waals surface area (Å²) in [7, 11) is 0. The number of amides is 1. The molecule has 6 heteroatoms. The molecule has 2 unspecified atom stereocenters. The largest absolute Gasteiger partial charge is 0.376 e. The average molecular weight is 357 g/mol. The Balaban J connectivity index is 1.53. The Bertz CT molecular complexity index is 723. The number of hydrogen-bond donors (Lipinski definition) is 1. The molecule has 0 aliphatic carbocycles. The van der Waals surface area contributed by atoms with Crippen LogP contribution in [0.1, 0.15) is 37.3 Å². The minimum Gasteiger partial charge on any atom is -0.376 e. The number of ether oxygens (including phenoxy) is 2. The molecule has 1 aliphatic rings. The highest BCUT2D eigenvalue weighted by Crippen LogP contribution is 2.15. The van der Waals surface area contributed by atoms with E-state index in [1.807, 2.05) is 6.07 Å². The number of nitrogens with one attached hydrogen (secondary N) is 1. The lowest BCUT2D eigenvalue weighted by atomic mass is 10.1. The number of rotatable bonds is 7. The van der Waals surface area contributed by atoms with E-state index in [1.165, 1.54) is 5.56 Å². The quantitative estimate of drug-likeness (QED) is 0.827. The Morgan fingerprint density at radius 2 is 2.31 bits per heavy atom. The first-order valence-electron chi connectivity index (χ1n) is 9.23. The van der Waals surface area contributed by atoms with Crippen LogP contribution in [-0.2, 0) is 20.8 Å². The van der Waals surface area contributed by atoms with Gasteiger partial charge in [0.1, 0.15) is 11.9 Å². The summed E-state index contributed by atoms with van der Waals surface area (Å²) in [6.45, 7) is 5.67. The van der Waals surface area contributed by atoms with Crippen molar-refractivity contribution in [1.29, 1.82) is 0 Å². The Labute approximate surface area is 154 Å². The van der Waals surface area contributed by atoms with Crippen LogP contribution in [0.2, 0.25) is 0 Å². The van der Waals surface area contributed by atoms with Crippen molar-refractivity contribution in [3.05, 3.63) is 47.7 Å². The first-order valence-corrected chi connectivity index (χ1v) is 9.23. The van der Waals surface area contributed by atoms with Crippen LogP contribution in [0, 0.1) is 6.92 Å². The molecule has 2 aromatic rings. The van der Waals surface area contributed by atoms with Crippen LogP contribution < -0.4 is 5.32 Å². The van der Waals surface area contributed by atoms with Crippen LogP contribution in [0.4, 0.5) is 5.82 Å². The van der Waals surface area contributed by atoms with Gasteiger partial charge >= 0.3 is 0 Å². The molecule has 1 fully saturated rings. The molecule has 0 radical (unpaired) electrons. The third kappa shape index (κ3) is 5.16. The fraction of sp³-hybridized carbons (Fsp3) is 0.500. The number of nitrogens with zero attached hydrogens (tertiary/aromatic N) is 2. The second-order valence-electron chi connectivity index (χ2n) is 6.82. The van der Waals surface area contributed by atoms with Gasteiger partial charge in [0, 0.05) is 12.7 Å². The van der Waals surface area contributed by atoms with E-state index >= 15 is 0 Å². The molecule has 6 nitrogen and oxygen atoms in total. The monoisotopic (exact) mass is 357 g/mol. The van der Waals surface area contributed by atoms with Gasteiger partial charge in [-0.3, -0.25) is 4.79 Å². The zero-order valence-electron chi connectivity index (χ0n) is 15.5. The Hall–Kier alpha value is -2.18. The molecular weight excluding hydrogens is 330 g/mol. The second-order valence-corrected chi connectivity index (χ2v) is 6.82. The number of anilines is 1. The summed E-state index contributed by atoms with van der Waals surface area (Å²) in [4.78, 5) is 12.4. The van der Waals surface area contributed by atoms with E-state index in [0.29, 0.717) is 19.0 Å². The molecule has 1 aromatic heterocycles. The van der Waals surface area contributed by atoms with Gasteiger partial charge in [0.05, 0.1) is 25.5 Å². The summed E-state index contributed by atoms with van der Waals surface area (Å²) >= 11 is 0. The van der Waals surface area contributed by atoms with Gasteiger partial charge in [-0.05, 0) is 38.7 Å². The normalized spacial score (nSPS) is 18.5. The van der Waals surface area contributed by atoms with Crippen molar-refractivity contribution in [1.82, 2.24) is 9.78 Å². The van der Waals surface area contributed by atoms with Crippen LogP contribution >= 0.6 is 0 Å². The van der Waals surface area contributed by atoms with Gasteiger partial charge in [0.2, 0.25) is 0 Å². The number of hydrogen-bond acceptors (Lipinski definition) is 4. The predicted octanol–water partition coefficient (Wildman–Crippen LogP) is 3.15. The van der Waals surface area contributed by atoms with Gasteiger partial charge in [0.25, 0.3) is 5.91 Å². The maximum atomic E-state index is 12.4. The van der Waals surface area contributed by atoms with Gasteiger partial charge in [-0.2, -0.15) is 5.10 Å². The molecule has 1 saturated heterocycles. The molecule has 3 rings (SSSR count). The minimum atomic E-state index is -0.539. The van der Waals surface area contributed by atoms with Crippen molar-refractivity contribution >= 4 is 11.7 Å². The Morgan fingerprint density at radius 1 is 1.42 bits per heavy atom. The van der Waals surface area contributed by atoms with Gasteiger partial charge in [-0.15, -0.1) is 0 Å². The molecule has 1 amide bonds. The molecule has 0 spiro atoms. The van der Waals surface area contributed by atoms with Gasteiger partial charge in [0.15, 0.2) is 0 Å². The second kappa shape index (κ2) is 8.96. The van der Waals surface area contributed by atoms with Crippen molar-refractivity contribution in [2.45, 2.75) is 51.9 Å². The van der Waals surface area contributed by atoms with Crippen LogP contribution in [0.25, 0.3) is 0 Å². The van der Waals surface area contributed by atoms with Crippen LogP contribution in [0.15, 0.2) is 36.5 Å². The summed E-state index contributed by atoms with van der Waals surface area (Å²) < 4.78 is 13.1. The van der Waals surface area contributed by atoms with E-state index in [2.05, 4.69) is 35.5 Å². The maximum absolute atomic E-state index is 12.4. The van der Waals surface area contributed by atoms with Gasteiger partial charge in [-0.25, -0.2) is 4.68 Å². The summed E-state index contributed by atoms with van der Waals surface area (Å²) in [5.74, 6) is 0.493. The highest BCUT2D eigenvalue weighted by molar-refractivity contribution is 5.93. The lowest BCUT2D eigenvalue weighted by Gasteiger charge is -2.24. The highest BCUT2D eigenvalue weighted by atomic mass is 16.5. The highest BCUT2D eigenvalue weighted by Gasteiger charge is 2.19. The van der Waals surface area contributed by atoms with Crippen molar-refractivity contribution < 1.29 is 14.3 Å². The maximum Gasteiger partial charge on any atom is 0.254 e. The van der Waals surface area contributed by atoms with E-state index in [4.69, 9.17) is 9.47 Å². The zero-order valence-corrected chi connectivity index (χ0v) is 15.5. The van der Waals surface area contributed by atoms with E-state index in [-0.39, 0.29) is 12.0 Å². The number of carbonyl (C=O) groups is 1. The SMILES string of the molecule is Cc1cccc(Cn2nccc2NC(=O)C(C)OCC2CCCCO2)c1. The molecule has 1 aliphatic heterocycles. The van der Waals surface area contributed by atoms with Crippen molar-refractivity contribution in [3.8, 4) is 0 Å². The lowest BCUT2D eigenvalue weighted by molar-refractivity contribution is -0.130. The van der Waals surface area contributed by atoms with E-state index in [9.17, 15) is 4.79 Å². The third-order valence-corrected chi connectivity index (χ3v) is 4.56. The standard InChI is InChI=1S/C20H27N3O3/c1-15-6-5-7-17(12-15)13-23-19(9-10-21-23)22-20(24)16(2)26-14-18-8-3-4-11-25-18/h5-7,9-10,12,16,18H,3-4,8,11,13-14H2,1-2H3,(H,22,24). The molecule has 26 heavy (non-hydrogen) atoms. The first-order chi connectivity index (χ1) is 12.6. The Morgan fingerprint density at radius 3 is 3.08 bits per heavy atom. The topological polar surface area (TPSA) is 65.4 Å². The molecule has 2 atom stereocenters. The summed E-state index contributed by atoms with van der Waals surface area (Å²) in [5, 5.41) is 7.22. The van der Waals surface area contributed by atoms with Gasteiger partial charge in [-0.1, -0.05) is 29.8 Å². The minimum absolute atomic E-state index is 0.103. The van der Waals surface area contributed by atoms with Crippen molar-refractivity contribution in [2.75, 3.05) is 18.5 Å². The molecule has 1 N–H and O–H groups in total. The summed E-state index contributed by atoms with van der Waals surface area (Å²) in [5.41, 5.74) is 2.34. The third-order valence-electron chi connectivity index (χ3n) is 4.56. The van der Waals surface area contributed by atoms with E-state index in [0.717, 1.165) is 31.4 Å². The van der Waals surface area contributed by atoms with Crippen LogP contribution in [-0.4, -0.2) is 41.1 Å². The van der Waals surface area contributed by atoms with E-state index in [1.54, 1.807) is 23.9 Å². The smallest absolute Gasteiger partial charge is 0.254 e.